The fourth-order valence-corrected chi connectivity index (χ4v) is 5.63. The summed E-state index contributed by atoms with van der Waals surface area (Å²) in [5.74, 6) is 1.80. The first kappa shape index (κ1) is 21.2. The summed E-state index contributed by atoms with van der Waals surface area (Å²) in [4.78, 5) is 17.1. The van der Waals surface area contributed by atoms with Crippen molar-refractivity contribution in [2.75, 3.05) is 13.3 Å². The summed E-state index contributed by atoms with van der Waals surface area (Å²) in [6, 6.07) is 14.5. The Hall–Kier alpha value is -3.35. The van der Waals surface area contributed by atoms with E-state index in [1.165, 1.54) is 4.88 Å². The molecular formula is C28H26N2O3S. The molecule has 0 fully saturated rings. The van der Waals surface area contributed by atoms with Gasteiger partial charge in [0.25, 0.3) is 0 Å². The second-order valence-electron chi connectivity index (χ2n) is 8.86. The second kappa shape index (κ2) is 8.46. The van der Waals surface area contributed by atoms with Gasteiger partial charge in [0.15, 0.2) is 5.76 Å². The van der Waals surface area contributed by atoms with E-state index in [9.17, 15) is 4.79 Å². The van der Waals surface area contributed by atoms with E-state index in [1.54, 1.807) is 11.3 Å². The van der Waals surface area contributed by atoms with E-state index in [0.29, 0.717) is 30.3 Å². The van der Waals surface area contributed by atoms with Gasteiger partial charge >= 0.3 is 0 Å². The highest BCUT2D eigenvalue weighted by Gasteiger charge is 2.35. The third-order valence-electron chi connectivity index (χ3n) is 6.69. The number of fused-ring (bicyclic) bond motifs is 4. The van der Waals surface area contributed by atoms with Crippen LogP contribution < -0.4 is 9.47 Å². The van der Waals surface area contributed by atoms with E-state index in [1.807, 2.05) is 31.2 Å². The number of ether oxygens (including phenoxy) is 2. The number of nitrogens with zero attached hydrogens (tertiary/aromatic N) is 2. The number of benzene rings is 2. The number of allylic oxidation sites excluding steroid dienone is 1. The number of aromatic nitrogens is 1. The molecule has 0 amide bonds. The fourth-order valence-electron chi connectivity index (χ4n) is 4.94. The molecule has 6 rings (SSSR count). The van der Waals surface area contributed by atoms with Gasteiger partial charge in [-0.3, -0.25) is 9.69 Å². The van der Waals surface area contributed by atoms with Crippen molar-refractivity contribution in [3.05, 3.63) is 86.9 Å². The SMILES string of the molecule is CCn1cc(/C=C2\Oc3c4c(cc(C)c3C2=O)OCN(CCc2cccs2)C4)c2ccccc21. The predicted molar refractivity (Wildman–Crippen MR) is 136 cm³/mol. The second-order valence-corrected chi connectivity index (χ2v) is 9.89. The number of carbonyl (C=O) groups is 1. The first-order valence-electron chi connectivity index (χ1n) is 11.7. The minimum Gasteiger partial charge on any atom is -0.478 e. The van der Waals surface area contributed by atoms with Gasteiger partial charge in [0, 0.05) is 47.2 Å². The van der Waals surface area contributed by atoms with Crippen LogP contribution in [-0.2, 0) is 19.5 Å². The highest BCUT2D eigenvalue weighted by Crippen LogP contribution is 2.44. The highest BCUT2D eigenvalue weighted by atomic mass is 32.1. The Labute approximate surface area is 202 Å². The first-order valence-corrected chi connectivity index (χ1v) is 12.6. The standard InChI is InChI=1S/C28H26N2O3S/c1-3-30-15-19(21-8-4-5-9-23(21)30)14-25-27(31)26-18(2)13-24-22(28(26)33-25)16-29(17-32-24)11-10-20-7-6-12-34-20/h4-9,12-15H,3,10-11,16-17H2,1-2H3/b25-14-. The molecular weight excluding hydrogens is 444 g/mol. The summed E-state index contributed by atoms with van der Waals surface area (Å²) in [6.45, 7) is 7.09. The van der Waals surface area contributed by atoms with E-state index in [-0.39, 0.29) is 5.78 Å². The molecule has 2 aromatic carbocycles. The first-order chi connectivity index (χ1) is 16.6. The van der Waals surface area contributed by atoms with Crippen LogP contribution in [0, 0.1) is 6.92 Å². The van der Waals surface area contributed by atoms with Gasteiger partial charge < -0.3 is 14.0 Å². The average molecular weight is 471 g/mol. The third-order valence-corrected chi connectivity index (χ3v) is 7.63. The van der Waals surface area contributed by atoms with Gasteiger partial charge in [-0.25, -0.2) is 0 Å². The molecule has 0 saturated carbocycles. The molecule has 4 aromatic rings. The topological polar surface area (TPSA) is 43.7 Å². The molecule has 0 unspecified atom stereocenters. The largest absolute Gasteiger partial charge is 0.478 e. The van der Waals surface area contributed by atoms with E-state index < -0.39 is 0 Å². The Bertz CT molecular complexity index is 1430. The molecule has 0 saturated heterocycles. The number of carbonyl (C=O) groups excluding carboxylic acids is 1. The molecule has 0 N–H and O–H groups in total. The fraction of sp³-hybridized carbons (Fsp3) is 0.250. The van der Waals surface area contributed by atoms with Gasteiger partial charge in [0.2, 0.25) is 5.78 Å². The lowest BCUT2D eigenvalue weighted by atomic mass is 9.98. The molecule has 0 aliphatic carbocycles. The molecule has 0 atom stereocenters. The highest BCUT2D eigenvalue weighted by molar-refractivity contribution is 7.09. The number of para-hydroxylation sites is 1. The average Bonchev–Trinajstić information content (AvgIpc) is 3.57. The lowest BCUT2D eigenvalue weighted by molar-refractivity contribution is 0.0951. The quantitative estimate of drug-likeness (QED) is 0.334. The predicted octanol–water partition coefficient (Wildman–Crippen LogP) is 6.04. The molecule has 0 spiro atoms. The van der Waals surface area contributed by atoms with Crippen molar-refractivity contribution < 1.29 is 14.3 Å². The molecule has 2 aromatic heterocycles. The molecule has 0 radical (unpaired) electrons. The Morgan fingerprint density at radius 1 is 1.18 bits per heavy atom. The maximum atomic E-state index is 13.4. The molecule has 4 heterocycles. The lowest BCUT2D eigenvalue weighted by Gasteiger charge is -2.30. The third kappa shape index (κ3) is 3.54. The van der Waals surface area contributed by atoms with Gasteiger partial charge in [-0.05, 0) is 55.5 Å². The van der Waals surface area contributed by atoms with Gasteiger partial charge in [-0.15, -0.1) is 11.3 Å². The Morgan fingerprint density at radius 2 is 2.06 bits per heavy atom. The van der Waals surface area contributed by atoms with Crippen molar-refractivity contribution in [2.24, 2.45) is 0 Å². The molecule has 34 heavy (non-hydrogen) atoms. The number of rotatable bonds is 5. The molecule has 2 aliphatic rings. The number of hydrogen-bond acceptors (Lipinski definition) is 5. The lowest BCUT2D eigenvalue weighted by Crippen LogP contribution is -2.33. The minimum atomic E-state index is -0.0562. The van der Waals surface area contributed by atoms with Crippen LogP contribution >= 0.6 is 11.3 Å². The van der Waals surface area contributed by atoms with E-state index in [2.05, 4.69) is 52.2 Å². The van der Waals surface area contributed by atoms with E-state index in [4.69, 9.17) is 9.47 Å². The smallest absolute Gasteiger partial charge is 0.232 e. The van der Waals surface area contributed by atoms with Crippen LogP contribution in [0.4, 0.5) is 0 Å². The van der Waals surface area contributed by atoms with Crippen LogP contribution in [0.25, 0.3) is 17.0 Å². The van der Waals surface area contributed by atoms with Gasteiger partial charge in [-0.2, -0.15) is 0 Å². The molecule has 6 heteroatoms. The minimum absolute atomic E-state index is 0.0562. The summed E-state index contributed by atoms with van der Waals surface area (Å²) in [6.07, 6.45) is 4.97. The maximum Gasteiger partial charge on any atom is 0.232 e. The van der Waals surface area contributed by atoms with Crippen molar-refractivity contribution in [3.63, 3.8) is 0 Å². The number of Topliss-reactive ketones (excluding diaryl/α,β-unsaturated/α-hetero) is 1. The molecule has 5 nitrogen and oxygen atoms in total. The molecule has 2 aliphatic heterocycles. The number of thiophene rings is 1. The van der Waals surface area contributed by atoms with Crippen LogP contribution in [0.2, 0.25) is 0 Å². The van der Waals surface area contributed by atoms with Gasteiger partial charge in [0.05, 0.1) is 11.1 Å². The van der Waals surface area contributed by atoms with Gasteiger partial charge in [0.1, 0.15) is 18.2 Å². The molecule has 172 valence electrons. The maximum absolute atomic E-state index is 13.4. The van der Waals surface area contributed by atoms with Gasteiger partial charge in [-0.1, -0.05) is 24.3 Å². The molecule has 0 bridgehead atoms. The van der Waals surface area contributed by atoms with Crippen LogP contribution in [0.15, 0.2) is 59.8 Å². The number of ketones is 1. The van der Waals surface area contributed by atoms with Crippen LogP contribution in [0.1, 0.15) is 38.8 Å². The Morgan fingerprint density at radius 3 is 2.88 bits per heavy atom. The van der Waals surface area contributed by atoms with Crippen LogP contribution in [-0.4, -0.2) is 28.5 Å². The van der Waals surface area contributed by atoms with Crippen molar-refractivity contribution in [1.29, 1.82) is 0 Å². The summed E-state index contributed by atoms with van der Waals surface area (Å²) in [5.41, 5.74) is 4.67. The normalized spacial score (nSPS) is 16.5. The zero-order valence-electron chi connectivity index (χ0n) is 19.3. The summed E-state index contributed by atoms with van der Waals surface area (Å²) < 4.78 is 14.6. The Kier molecular flexibility index (Phi) is 5.27. The zero-order valence-corrected chi connectivity index (χ0v) is 20.2. The van der Waals surface area contributed by atoms with E-state index in [0.717, 1.165) is 52.9 Å². The van der Waals surface area contributed by atoms with Crippen molar-refractivity contribution in [3.8, 4) is 11.5 Å². The summed E-state index contributed by atoms with van der Waals surface area (Å²) in [5, 5.41) is 3.23. The van der Waals surface area contributed by atoms with Crippen LogP contribution in [0.3, 0.4) is 0 Å². The van der Waals surface area contributed by atoms with Crippen LogP contribution in [0.5, 0.6) is 11.5 Å². The number of hydrogen-bond donors (Lipinski definition) is 0. The van der Waals surface area contributed by atoms with Crippen molar-refractivity contribution in [2.45, 2.75) is 33.4 Å². The van der Waals surface area contributed by atoms with Crippen molar-refractivity contribution >= 4 is 34.1 Å². The monoisotopic (exact) mass is 470 g/mol. The number of aryl methyl sites for hydroxylation is 2. The van der Waals surface area contributed by atoms with Crippen molar-refractivity contribution in [1.82, 2.24) is 9.47 Å². The summed E-state index contributed by atoms with van der Waals surface area (Å²) in [7, 11) is 0. The zero-order chi connectivity index (χ0) is 23.2. The Balaban J connectivity index is 1.33. The summed E-state index contributed by atoms with van der Waals surface area (Å²) >= 11 is 1.78. The van der Waals surface area contributed by atoms with E-state index >= 15 is 0 Å².